The van der Waals surface area contributed by atoms with Crippen LogP contribution in [0.5, 0.6) is 5.75 Å². The number of carbonyl (C=O) groups is 1. The molecule has 0 atom stereocenters. The van der Waals surface area contributed by atoms with E-state index >= 15 is 0 Å². The first-order chi connectivity index (χ1) is 8.56. The third-order valence-corrected chi connectivity index (χ3v) is 2.87. The molecule has 0 saturated heterocycles. The molecule has 0 aliphatic carbocycles. The monoisotopic (exact) mass is 359 g/mol. The van der Waals surface area contributed by atoms with Gasteiger partial charge < -0.3 is 9.84 Å². The molecule has 94 valence electrons. The topological polar surface area (TPSA) is 77.2 Å². The van der Waals surface area contributed by atoms with Gasteiger partial charge in [-0.3, -0.25) is 4.68 Å². The molecule has 7 heteroatoms. The maximum atomic E-state index is 11.1. The Balaban J connectivity index is 2.16. The highest BCUT2D eigenvalue weighted by molar-refractivity contribution is 14.1. The number of hydrogen-bond acceptors (Lipinski definition) is 4. The summed E-state index contributed by atoms with van der Waals surface area (Å²) in [5, 5.41) is 16.7. The summed E-state index contributed by atoms with van der Waals surface area (Å²) in [4.78, 5) is 11.1. The molecule has 0 amide bonds. The fourth-order valence-electron chi connectivity index (χ4n) is 1.41. The van der Waals surface area contributed by atoms with Crippen molar-refractivity contribution in [3.8, 4) is 5.75 Å². The summed E-state index contributed by atoms with van der Waals surface area (Å²) >= 11 is 2.05. The molecule has 1 aromatic carbocycles. The zero-order chi connectivity index (χ0) is 13.1. The summed E-state index contributed by atoms with van der Waals surface area (Å²) in [5.74, 6) is -0.684. The predicted octanol–water partition coefficient (Wildman–Crippen LogP) is 1.70. The predicted molar refractivity (Wildman–Crippen MR) is 71.5 cm³/mol. The van der Waals surface area contributed by atoms with Gasteiger partial charge in [-0.1, -0.05) is 5.21 Å². The number of aromatic carboxylic acids is 1. The Morgan fingerprint density at radius 2 is 2.33 bits per heavy atom. The normalized spacial score (nSPS) is 10.3. The van der Waals surface area contributed by atoms with Gasteiger partial charge in [-0.2, -0.15) is 0 Å². The lowest BCUT2D eigenvalue weighted by atomic mass is 10.2. The minimum Gasteiger partial charge on any atom is -0.486 e. The van der Waals surface area contributed by atoms with E-state index < -0.39 is 5.97 Å². The first kappa shape index (κ1) is 12.8. The van der Waals surface area contributed by atoms with E-state index in [9.17, 15) is 4.79 Å². The molecule has 0 unspecified atom stereocenters. The van der Waals surface area contributed by atoms with Gasteiger partial charge in [0.1, 0.15) is 23.6 Å². The quantitative estimate of drug-likeness (QED) is 0.841. The second kappa shape index (κ2) is 5.34. The first-order valence-corrected chi connectivity index (χ1v) is 6.15. The first-order valence-electron chi connectivity index (χ1n) is 5.07. The molecule has 0 saturated carbocycles. The Bertz CT molecular complexity index is 583. The Kier molecular flexibility index (Phi) is 3.80. The van der Waals surface area contributed by atoms with Crippen molar-refractivity contribution in [2.24, 2.45) is 7.05 Å². The van der Waals surface area contributed by atoms with E-state index in [-0.39, 0.29) is 12.2 Å². The van der Waals surface area contributed by atoms with Crippen molar-refractivity contribution in [2.75, 3.05) is 0 Å². The second-order valence-electron chi connectivity index (χ2n) is 3.62. The smallest absolute Gasteiger partial charge is 0.339 e. The molecule has 2 aromatic rings. The van der Waals surface area contributed by atoms with Crippen molar-refractivity contribution >= 4 is 28.6 Å². The molecule has 0 aliphatic rings. The molecule has 1 heterocycles. The average Bonchev–Trinajstić information content (AvgIpc) is 2.73. The Morgan fingerprint density at radius 1 is 1.56 bits per heavy atom. The van der Waals surface area contributed by atoms with Gasteiger partial charge >= 0.3 is 5.97 Å². The van der Waals surface area contributed by atoms with Gasteiger partial charge in [0.2, 0.25) is 0 Å². The fourth-order valence-corrected chi connectivity index (χ4v) is 1.90. The number of aromatic nitrogens is 3. The van der Waals surface area contributed by atoms with E-state index in [0.717, 1.165) is 3.57 Å². The van der Waals surface area contributed by atoms with E-state index in [1.165, 1.54) is 0 Å². The zero-order valence-corrected chi connectivity index (χ0v) is 11.7. The van der Waals surface area contributed by atoms with Gasteiger partial charge in [0.15, 0.2) is 0 Å². The van der Waals surface area contributed by atoms with Crippen LogP contribution in [0.15, 0.2) is 24.4 Å². The molecule has 18 heavy (non-hydrogen) atoms. The van der Waals surface area contributed by atoms with Crippen LogP contribution in [0.4, 0.5) is 0 Å². The molecule has 0 radical (unpaired) electrons. The van der Waals surface area contributed by atoms with Crippen molar-refractivity contribution in [3.05, 3.63) is 39.2 Å². The summed E-state index contributed by atoms with van der Waals surface area (Å²) in [6.07, 6.45) is 1.72. The molecule has 0 bridgehead atoms. The van der Waals surface area contributed by atoms with Gasteiger partial charge in [0.05, 0.1) is 6.20 Å². The lowest BCUT2D eigenvalue weighted by molar-refractivity contribution is 0.0691. The summed E-state index contributed by atoms with van der Waals surface area (Å²) in [6, 6.07) is 5.00. The van der Waals surface area contributed by atoms with Gasteiger partial charge in [0, 0.05) is 10.6 Å². The molecular formula is C11H10IN3O3. The second-order valence-corrected chi connectivity index (χ2v) is 4.86. The number of nitrogens with zero attached hydrogens (tertiary/aromatic N) is 3. The van der Waals surface area contributed by atoms with E-state index in [1.54, 1.807) is 36.1 Å². The molecule has 0 fully saturated rings. The van der Waals surface area contributed by atoms with Crippen LogP contribution in [0, 0.1) is 3.57 Å². The van der Waals surface area contributed by atoms with Crippen molar-refractivity contribution in [1.82, 2.24) is 15.0 Å². The molecule has 0 aliphatic heterocycles. The lowest BCUT2D eigenvalue weighted by Gasteiger charge is -2.07. The highest BCUT2D eigenvalue weighted by Gasteiger charge is 2.12. The van der Waals surface area contributed by atoms with Gasteiger partial charge in [-0.05, 0) is 40.8 Å². The number of carboxylic acids is 1. The number of hydrogen-bond donors (Lipinski definition) is 1. The molecule has 0 spiro atoms. The third-order valence-electron chi connectivity index (χ3n) is 2.20. The summed E-state index contributed by atoms with van der Waals surface area (Å²) < 4.78 is 7.86. The maximum absolute atomic E-state index is 11.1. The van der Waals surface area contributed by atoms with Crippen LogP contribution in [-0.2, 0) is 13.7 Å². The van der Waals surface area contributed by atoms with Crippen LogP contribution >= 0.6 is 22.6 Å². The number of rotatable bonds is 4. The Morgan fingerprint density at radius 3 is 2.94 bits per heavy atom. The largest absolute Gasteiger partial charge is 0.486 e. The van der Waals surface area contributed by atoms with Crippen LogP contribution in [0.25, 0.3) is 0 Å². The lowest BCUT2D eigenvalue weighted by Crippen LogP contribution is -2.04. The van der Waals surface area contributed by atoms with Gasteiger partial charge in [-0.25, -0.2) is 4.79 Å². The summed E-state index contributed by atoms with van der Waals surface area (Å²) in [7, 11) is 1.75. The number of halogens is 1. The molecular weight excluding hydrogens is 349 g/mol. The van der Waals surface area contributed by atoms with Crippen LogP contribution < -0.4 is 4.74 Å². The molecule has 6 nitrogen and oxygen atoms in total. The standard InChI is InChI=1S/C11H10IN3O3/c1-15-5-8(13-14-15)6-18-10-3-2-7(12)4-9(10)11(16)17/h2-5H,6H2,1H3,(H,16,17). The Labute approximate surface area is 117 Å². The molecule has 1 N–H and O–H groups in total. The number of carboxylic acid groups (broad SMARTS) is 1. The van der Waals surface area contributed by atoms with Gasteiger partial charge in [-0.15, -0.1) is 5.10 Å². The van der Waals surface area contributed by atoms with E-state index in [1.807, 2.05) is 0 Å². The van der Waals surface area contributed by atoms with Crippen molar-refractivity contribution in [3.63, 3.8) is 0 Å². The van der Waals surface area contributed by atoms with E-state index in [0.29, 0.717) is 11.4 Å². The summed E-state index contributed by atoms with van der Waals surface area (Å²) in [6.45, 7) is 0.189. The van der Waals surface area contributed by atoms with Crippen LogP contribution in [0.2, 0.25) is 0 Å². The third kappa shape index (κ3) is 2.97. The van der Waals surface area contributed by atoms with Crippen molar-refractivity contribution < 1.29 is 14.6 Å². The average molecular weight is 359 g/mol. The zero-order valence-electron chi connectivity index (χ0n) is 9.50. The molecule has 1 aromatic heterocycles. The highest BCUT2D eigenvalue weighted by Crippen LogP contribution is 2.22. The van der Waals surface area contributed by atoms with Gasteiger partial charge in [0.25, 0.3) is 0 Å². The number of benzene rings is 1. The van der Waals surface area contributed by atoms with Crippen LogP contribution in [-0.4, -0.2) is 26.1 Å². The van der Waals surface area contributed by atoms with Crippen molar-refractivity contribution in [2.45, 2.75) is 6.61 Å². The number of ether oxygens (including phenoxy) is 1. The number of aryl methyl sites for hydroxylation is 1. The minimum absolute atomic E-state index is 0.144. The Hall–Kier alpha value is -1.64. The summed E-state index contributed by atoms with van der Waals surface area (Å²) in [5.41, 5.74) is 0.790. The van der Waals surface area contributed by atoms with E-state index in [2.05, 4.69) is 32.9 Å². The SMILES string of the molecule is Cn1cc(COc2ccc(I)cc2C(=O)O)nn1. The van der Waals surface area contributed by atoms with Crippen LogP contribution in [0.3, 0.4) is 0 Å². The van der Waals surface area contributed by atoms with E-state index in [4.69, 9.17) is 9.84 Å². The van der Waals surface area contributed by atoms with Crippen molar-refractivity contribution in [1.29, 1.82) is 0 Å². The maximum Gasteiger partial charge on any atom is 0.339 e. The molecule has 2 rings (SSSR count). The highest BCUT2D eigenvalue weighted by atomic mass is 127. The fraction of sp³-hybridized carbons (Fsp3) is 0.182. The van der Waals surface area contributed by atoms with Crippen LogP contribution in [0.1, 0.15) is 16.1 Å². The minimum atomic E-state index is -1.01.